The quantitative estimate of drug-likeness (QED) is 0.312. The third-order valence-electron chi connectivity index (χ3n) is 5.12. The molecule has 0 radical (unpaired) electrons. The standard InChI is InChI=1S/C22H14O8/c23-15(11-7-3-1-4-8-11)13-17(25)21(27)29-19(13)20-14(18(26)22(28)30-20)16(24)12-9-5-2-6-10-12/h1-10,13-14,19-20H/t13-,14-,19+,20+/m1/s1. The molecular formula is C22H14O8. The van der Waals surface area contributed by atoms with Gasteiger partial charge in [-0.25, -0.2) is 9.59 Å². The van der Waals surface area contributed by atoms with Gasteiger partial charge in [0.15, 0.2) is 23.8 Å². The van der Waals surface area contributed by atoms with Crippen LogP contribution in [0.4, 0.5) is 0 Å². The number of rotatable bonds is 5. The zero-order valence-electron chi connectivity index (χ0n) is 15.3. The molecule has 2 fully saturated rings. The van der Waals surface area contributed by atoms with Crippen LogP contribution in [0.3, 0.4) is 0 Å². The predicted molar refractivity (Wildman–Crippen MR) is 98.3 cm³/mol. The number of carbonyl (C=O) groups excluding carboxylic acids is 6. The minimum Gasteiger partial charge on any atom is -0.451 e. The summed E-state index contributed by atoms with van der Waals surface area (Å²) in [5.74, 6) is -9.50. The van der Waals surface area contributed by atoms with Gasteiger partial charge in [0.1, 0.15) is 11.8 Å². The van der Waals surface area contributed by atoms with Crippen molar-refractivity contribution in [3.8, 4) is 0 Å². The first-order valence-electron chi connectivity index (χ1n) is 9.08. The Balaban J connectivity index is 1.72. The summed E-state index contributed by atoms with van der Waals surface area (Å²) in [6, 6.07) is 15.4. The maximum atomic E-state index is 12.9. The highest BCUT2D eigenvalue weighted by molar-refractivity contribution is 6.43. The fraction of sp³-hybridized carbons (Fsp3) is 0.182. The Labute approximate surface area is 169 Å². The molecular weight excluding hydrogens is 392 g/mol. The molecule has 0 aliphatic carbocycles. The van der Waals surface area contributed by atoms with Gasteiger partial charge in [-0.15, -0.1) is 0 Å². The highest BCUT2D eigenvalue weighted by atomic mass is 16.6. The molecule has 4 rings (SSSR count). The van der Waals surface area contributed by atoms with Gasteiger partial charge in [0, 0.05) is 11.1 Å². The van der Waals surface area contributed by atoms with Crippen LogP contribution in [0.25, 0.3) is 0 Å². The Hall–Kier alpha value is -3.94. The van der Waals surface area contributed by atoms with Crippen LogP contribution < -0.4 is 0 Å². The van der Waals surface area contributed by atoms with Crippen molar-refractivity contribution in [3.63, 3.8) is 0 Å². The number of ether oxygens (including phenoxy) is 2. The largest absolute Gasteiger partial charge is 0.451 e. The van der Waals surface area contributed by atoms with Gasteiger partial charge in [0.25, 0.3) is 11.6 Å². The van der Waals surface area contributed by atoms with E-state index in [1.807, 2.05) is 0 Å². The van der Waals surface area contributed by atoms with Crippen LogP contribution in [0.5, 0.6) is 0 Å². The summed E-state index contributed by atoms with van der Waals surface area (Å²) in [6.45, 7) is 0. The zero-order valence-corrected chi connectivity index (χ0v) is 15.3. The third kappa shape index (κ3) is 3.12. The second kappa shape index (κ2) is 7.47. The smallest absolute Gasteiger partial charge is 0.376 e. The van der Waals surface area contributed by atoms with E-state index < -0.39 is 59.1 Å². The molecule has 4 atom stereocenters. The second-order valence-corrected chi connectivity index (χ2v) is 6.88. The lowest BCUT2D eigenvalue weighted by Crippen LogP contribution is -2.44. The first-order chi connectivity index (χ1) is 14.4. The Kier molecular flexibility index (Phi) is 4.83. The molecule has 30 heavy (non-hydrogen) atoms. The molecule has 2 aromatic rings. The molecule has 0 N–H and O–H groups in total. The molecule has 150 valence electrons. The van der Waals surface area contributed by atoms with E-state index in [9.17, 15) is 28.8 Å². The minimum atomic E-state index is -1.63. The van der Waals surface area contributed by atoms with E-state index in [-0.39, 0.29) is 11.1 Å². The van der Waals surface area contributed by atoms with E-state index in [2.05, 4.69) is 0 Å². The van der Waals surface area contributed by atoms with Crippen molar-refractivity contribution in [3.05, 3.63) is 71.8 Å². The van der Waals surface area contributed by atoms with Crippen LogP contribution in [-0.2, 0) is 28.7 Å². The van der Waals surface area contributed by atoms with E-state index in [0.717, 1.165) is 0 Å². The lowest BCUT2D eigenvalue weighted by molar-refractivity contribution is -0.157. The lowest BCUT2D eigenvalue weighted by Gasteiger charge is -2.24. The van der Waals surface area contributed by atoms with Crippen LogP contribution in [0.1, 0.15) is 20.7 Å². The van der Waals surface area contributed by atoms with E-state index >= 15 is 0 Å². The van der Waals surface area contributed by atoms with E-state index in [4.69, 9.17) is 9.47 Å². The summed E-state index contributed by atoms with van der Waals surface area (Å²) >= 11 is 0. The molecule has 0 saturated carbocycles. The molecule has 8 nitrogen and oxygen atoms in total. The average molecular weight is 406 g/mol. The van der Waals surface area contributed by atoms with Gasteiger partial charge >= 0.3 is 11.9 Å². The third-order valence-corrected chi connectivity index (χ3v) is 5.12. The number of hydrogen-bond donors (Lipinski definition) is 0. The topological polar surface area (TPSA) is 121 Å². The number of hydrogen-bond acceptors (Lipinski definition) is 8. The molecule has 0 spiro atoms. The van der Waals surface area contributed by atoms with Crippen molar-refractivity contribution in [2.24, 2.45) is 11.8 Å². The van der Waals surface area contributed by atoms with Gasteiger partial charge < -0.3 is 9.47 Å². The van der Waals surface area contributed by atoms with E-state index in [0.29, 0.717) is 0 Å². The first kappa shape index (κ1) is 19.4. The fourth-order valence-corrected chi connectivity index (χ4v) is 3.67. The molecule has 2 saturated heterocycles. The van der Waals surface area contributed by atoms with Crippen molar-refractivity contribution in [1.82, 2.24) is 0 Å². The van der Waals surface area contributed by atoms with Gasteiger partial charge in [-0.3, -0.25) is 19.2 Å². The molecule has 2 aliphatic rings. The van der Waals surface area contributed by atoms with Crippen LogP contribution in [0, 0.1) is 11.8 Å². The Morgan fingerprint density at radius 1 is 0.567 bits per heavy atom. The predicted octanol–water partition coefficient (Wildman–Crippen LogP) is 0.974. The monoisotopic (exact) mass is 406 g/mol. The number of Topliss-reactive ketones (excluding diaryl/α,β-unsaturated/α-hetero) is 4. The fourth-order valence-electron chi connectivity index (χ4n) is 3.67. The Bertz CT molecular complexity index is 985. The van der Waals surface area contributed by atoms with Crippen molar-refractivity contribution < 1.29 is 38.2 Å². The molecule has 0 unspecified atom stereocenters. The number of benzene rings is 2. The van der Waals surface area contributed by atoms with Crippen LogP contribution in [0.15, 0.2) is 60.7 Å². The highest BCUT2D eigenvalue weighted by Gasteiger charge is 2.60. The molecule has 8 heteroatoms. The zero-order chi connectivity index (χ0) is 21.4. The van der Waals surface area contributed by atoms with Gasteiger partial charge in [-0.05, 0) is 0 Å². The highest BCUT2D eigenvalue weighted by Crippen LogP contribution is 2.35. The summed E-state index contributed by atoms with van der Waals surface area (Å²) in [5.41, 5.74) is 0.279. The van der Waals surface area contributed by atoms with Crippen LogP contribution >= 0.6 is 0 Å². The Morgan fingerprint density at radius 2 is 0.900 bits per heavy atom. The average Bonchev–Trinajstić information content (AvgIpc) is 3.23. The molecule has 2 aromatic carbocycles. The van der Waals surface area contributed by atoms with Gasteiger partial charge in [-0.2, -0.15) is 0 Å². The normalized spacial score (nSPS) is 25.7. The molecule has 0 amide bonds. The Morgan fingerprint density at radius 3 is 1.23 bits per heavy atom. The molecule has 2 heterocycles. The number of cyclic esters (lactones) is 2. The summed E-state index contributed by atoms with van der Waals surface area (Å²) in [6.07, 6.45) is -3.16. The summed E-state index contributed by atoms with van der Waals surface area (Å²) in [7, 11) is 0. The SMILES string of the molecule is O=C1O[C@H]([C@H]2OC(=O)C(=O)[C@H]2C(=O)c2ccccc2)[C@H](C(=O)c2ccccc2)C1=O. The maximum absolute atomic E-state index is 12.9. The van der Waals surface area contributed by atoms with Crippen molar-refractivity contribution in [1.29, 1.82) is 0 Å². The van der Waals surface area contributed by atoms with Crippen molar-refractivity contribution >= 4 is 35.1 Å². The van der Waals surface area contributed by atoms with Crippen LogP contribution in [-0.4, -0.2) is 47.3 Å². The molecule has 0 bridgehead atoms. The summed E-state index contributed by atoms with van der Waals surface area (Å²) in [5, 5.41) is 0. The second-order valence-electron chi connectivity index (χ2n) is 6.88. The number of carbonyl (C=O) groups is 6. The molecule has 2 aliphatic heterocycles. The molecule has 0 aromatic heterocycles. The van der Waals surface area contributed by atoms with Crippen molar-refractivity contribution in [2.75, 3.05) is 0 Å². The summed E-state index contributed by atoms with van der Waals surface area (Å²) in [4.78, 5) is 74.5. The van der Waals surface area contributed by atoms with Crippen LogP contribution in [0.2, 0.25) is 0 Å². The minimum absolute atomic E-state index is 0.140. The van der Waals surface area contributed by atoms with E-state index in [1.165, 1.54) is 24.3 Å². The van der Waals surface area contributed by atoms with E-state index in [1.54, 1.807) is 36.4 Å². The maximum Gasteiger partial charge on any atom is 0.376 e. The van der Waals surface area contributed by atoms with Gasteiger partial charge in [-0.1, -0.05) is 60.7 Å². The first-order valence-corrected chi connectivity index (χ1v) is 9.08. The summed E-state index contributed by atoms with van der Waals surface area (Å²) < 4.78 is 10.1. The van der Waals surface area contributed by atoms with Gasteiger partial charge in [0.05, 0.1) is 0 Å². The van der Waals surface area contributed by atoms with Gasteiger partial charge in [0.2, 0.25) is 0 Å². The van der Waals surface area contributed by atoms with Crippen molar-refractivity contribution in [2.45, 2.75) is 12.2 Å². The lowest BCUT2D eigenvalue weighted by atomic mass is 9.81. The number of esters is 2. The number of ketones is 4.